The van der Waals surface area contributed by atoms with E-state index < -0.39 is 0 Å². The average Bonchev–Trinajstić information content (AvgIpc) is 2.43. The third-order valence-electron chi connectivity index (χ3n) is 1.72. The van der Waals surface area contributed by atoms with Gasteiger partial charge in [-0.2, -0.15) is 0 Å². The summed E-state index contributed by atoms with van der Waals surface area (Å²) in [4.78, 5) is 0. The van der Waals surface area contributed by atoms with Gasteiger partial charge in [0, 0.05) is 0 Å². The van der Waals surface area contributed by atoms with Crippen LogP contribution in [0.2, 0.25) is 0 Å². The first-order valence-corrected chi connectivity index (χ1v) is 6.20. The van der Waals surface area contributed by atoms with E-state index in [9.17, 15) is 0 Å². The summed E-state index contributed by atoms with van der Waals surface area (Å²) in [6.07, 6.45) is 3.50. The lowest BCUT2D eigenvalue weighted by atomic mass is 10.3. The molecule has 1 nitrogen and oxygen atoms in total. The molecule has 100 valence electrons. The van der Waals surface area contributed by atoms with Crippen LogP contribution in [0.25, 0.3) is 0 Å². The molecule has 0 atom stereocenters. The zero-order valence-electron chi connectivity index (χ0n) is 11.8. The maximum Gasteiger partial charge on any atom is 0.127 e. The Balaban J connectivity index is 0.000000465. The molecule has 2 rings (SSSR count). The highest BCUT2D eigenvalue weighted by atomic mass is 16.5. The molecule has 2 aromatic carbocycles. The van der Waals surface area contributed by atoms with Crippen LogP contribution in [0.5, 0.6) is 11.5 Å². The minimum Gasteiger partial charge on any atom is -0.457 e. The molecule has 0 aliphatic carbocycles. The van der Waals surface area contributed by atoms with E-state index in [1.54, 1.807) is 12.2 Å². The Labute approximate surface area is 116 Å². The third-order valence-corrected chi connectivity index (χ3v) is 1.72. The van der Waals surface area contributed by atoms with Crippen molar-refractivity contribution in [2.75, 3.05) is 0 Å². The van der Waals surface area contributed by atoms with E-state index in [4.69, 9.17) is 4.74 Å². The van der Waals surface area contributed by atoms with Crippen molar-refractivity contribution in [3.63, 3.8) is 0 Å². The molecular formula is C18H22O. The predicted molar refractivity (Wildman–Crippen MR) is 84.7 cm³/mol. The summed E-state index contributed by atoms with van der Waals surface area (Å²) in [6.45, 7) is 10.5. The Kier molecular flexibility index (Phi) is 10.7. The highest BCUT2D eigenvalue weighted by Crippen LogP contribution is 2.19. The third kappa shape index (κ3) is 9.42. The summed E-state index contributed by atoms with van der Waals surface area (Å²) in [6, 6.07) is 19.5. The largest absolute Gasteiger partial charge is 0.457 e. The molecule has 0 aliphatic heterocycles. The van der Waals surface area contributed by atoms with E-state index in [0.29, 0.717) is 0 Å². The molecule has 0 N–H and O–H groups in total. The minimum atomic E-state index is 0.869. The lowest BCUT2D eigenvalue weighted by Crippen LogP contribution is -1.81. The van der Waals surface area contributed by atoms with Gasteiger partial charge < -0.3 is 4.74 Å². The van der Waals surface area contributed by atoms with E-state index in [1.807, 2.05) is 74.5 Å². The highest BCUT2D eigenvalue weighted by molar-refractivity contribution is 5.30. The first-order valence-electron chi connectivity index (χ1n) is 6.20. The summed E-state index contributed by atoms with van der Waals surface area (Å²) in [5.74, 6) is 1.74. The Morgan fingerprint density at radius 3 is 1.21 bits per heavy atom. The van der Waals surface area contributed by atoms with Gasteiger partial charge >= 0.3 is 0 Å². The molecular weight excluding hydrogens is 232 g/mol. The minimum absolute atomic E-state index is 0.869. The first-order chi connectivity index (χ1) is 9.28. The van der Waals surface area contributed by atoms with Gasteiger partial charge in [0.25, 0.3) is 0 Å². The van der Waals surface area contributed by atoms with Gasteiger partial charge in [-0.25, -0.2) is 0 Å². The van der Waals surface area contributed by atoms with Gasteiger partial charge in [0.05, 0.1) is 0 Å². The maximum atomic E-state index is 5.58. The average molecular weight is 254 g/mol. The van der Waals surface area contributed by atoms with Crippen LogP contribution in [0.4, 0.5) is 0 Å². The van der Waals surface area contributed by atoms with Crippen LogP contribution >= 0.6 is 0 Å². The van der Waals surface area contributed by atoms with Crippen molar-refractivity contribution in [2.24, 2.45) is 0 Å². The van der Waals surface area contributed by atoms with Crippen LogP contribution in [0.3, 0.4) is 0 Å². The molecule has 0 heterocycles. The number of ether oxygens (including phenoxy) is 1. The molecule has 0 aliphatic rings. The molecule has 1 heteroatoms. The molecule has 19 heavy (non-hydrogen) atoms. The Morgan fingerprint density at radius 2 is 0.947 bits per heavy atom. The van der Waals surface area contributed by atoms with Crippen LogP contribution in [0.15, 0.2) is 86.0 Å². The van der Waals surface area contributed by atoms with Crippen LogP contribution in [0, 0.1) is 0 Å². The lowest BCUT2D eigenvalue weighted by molar-refractivity contribution is 0.482. The zero-order chi connectivity index (χ0) is 14.3. The summed E-state index contributed by atoms with van der Waals surface area (Å²) < 4.78 is 5.58. The van der Waals surface area contributed by atoms with Gasteiger partial charge in [-0.05, 0) is 38.1 Å². The number of allylic oxidation sites excluding steroid dienone is 2. The van der Waals surface area contributed by atoms with Crippen molar-refractivity contribution in [1.82, 2.24) is 0 Å². The Bertz CT molecular complexity index is 388. The molecule has 0 fully saturated rings. The molecule has 0 bridgehead atoms. The van der Waals surface area contributed by atoms with E-state index in [1.165, 1.54) is 0 Å². The SMILES string of the molecule is C=CC.C=CC.c1ccc(Oc2ccccc2)cc1. The summed E-state index contributed by atoms with van der Waals surface area (Å²) in [7, 11) is 0. The fourth-order valence-corrected chi connectivity index (χ4v) is 1.11. The van der Waals surface area contributed by atoms with Gasteiger partial charge in [-0.1, -0.05) is 48.6 Å². The van der Waals surface area contributed by atoms with Crippen molar-refractivity contribution in [3.05, 3.63) is 86.0 Å². The topological polar surface area (TPSA) is 9.23 Å². The van der Waals surface area contributed by atoms with Gasteiger partial charge in [-0.3, -0.25) is 0 Å². The van der Waals surface area contributed by atoms with E-state index in [0.717, 1.165) is 11.5 Å². The molecule has 0 spiro atoms. The normalized spacial score (nSPS) is 7.89. The van der Waals surface area contributed by atoms with Crippen molar-refractivity contribution in [2.45, 2.75) is 13.8 Å². The summed E-state index contributed by atoms with van der Waals surface area (Å²) >= 11 is 0. The second-order valence-electron chi connectivity index (χ2n) is 3.54. The lowest BCUT2D eigenvalue weighted by Gasteiger charge is -2.03. The molecule has 0 amide bonds. The highest BCUT2D eigenvalue weighted by Gasteiger charge is 1.92. The molecule has 0 unspecified atom stereocenters. The van der Waals surface area contributed by atoms with E-state index >= 15 is 0 Å². The molecule has 2 aromatic rings. The number of benzene rings is 2. The standard InChI is InChI=1S/C12H10O.2C3H6/c1-3-7-11(8-4-1)13-12-9-5-2-6-10-12;2*1-3-2/h1-10H;2*3H,1H2,2H3. The monoisotopic (exact) mass is 254 g/mol. The first kappa shape index (κ1) is 16.7. The number of rotatable bonds is 2. The molecule has 0 radical (unpaired) electrons. The van der Waals surface area contributed by atoms with Gasteiger partial charge in [0.15, 0.2) is 0 Å². The predicted octanol–water partition coefficient (Wildman–Crippen LogP) is 5.86. The zero-order valence-corrected chi connectivity index (χ0v) is 11.8. The molecule has 0 saturated heterocycles. The van der Waals surface area contributed by atoms with Crippen molar-refractivity contribution >= 4 is 0 Å². The number of hydrogen-bond acceptors (Lipinski definition) is 1. The summed E-state index contributed by atoms with van der Waals surface area (Å²) in [5.41, 5.74) is 0. The van der Waals surface area contributed by atoms with E-state index in [2.05, 4.69) is 13.2 Å². The second kappa shape index (κ2) is 12.2. The van der Waals surface area contributed by atoms with E-state index in [-0.39, 0.29) is 0 Å². The quantitative estimate of drug-likeness (QED) is 0.609. The van der Waals surface area contributed by atoms with Crippen molar-refractivity contribution < 1.29 is 4.74 Å². The van der Waals surface area contributed by atoms with Gasteiger partial charge in [-0.15, -0.1) is 13.2 Å². The fraction of sp³-hybridized carbons (Fsp3) is 0.111. The van der Waals surface area contributed by atoms with Crippen molar-refractivity contribution in [1.29, 1.82) is 0 Å². The maximum absolute atomic E-state index is 5.58. The smallest absolute Gasteiger partial charge is 0.127 e. The van der Waals surface area contributed by atoms with Crippen LogP contribution in [-0.2, 0) is 0 Å². The van der Waals surface area contributed by atoms with Crippen LogP contribution < -0.4 is 4.74 Å². The van der Waals surface area contributed by atoms with Crippen molar-refractivity contribution in [3.8, 4) is 11.5 Å². The number of para-hydroxylation sites is 2. The fourth-order valence-electron chi connectivity index (χ4n) is 1.11. The molecule has 0 aromatic heterocycles. The Morgan fingerprint density at radius 1 is 0.684 bits per heavy atom. The van der Waals surface area contributed by atoms with Gasteiger partial charge in [0.1, 0.15) is 11.5 Å². The van der Waals surface area contributed by atoms with Gasteiger partial charge in [0.2, 0.25) is 0 Å². The Hall–Kier alpha value is -2.28. The molecule has 0 saturated carbocycles. The van der Waals surface area contributed by atoms with Crippen LogP contribution in [-0.4, -0.2) is 0 Å². The van der Waals surface area contributed by atoms with Crippen LogP contribution in [0.1, 0.15) is 13.8 Å². The number of hydrogen-bond donors (Lipinski definition) is 0. The second-order valence-corrected chi connectivity index (χ2v) is 3.54. The summed E-state index contributed by atoms with van der Waals surface area (Å²) in [5, 5.41) is 0.